The fourth-order valence-electron chi connectivity index (χ4n) is 1.79. The van der Waals surface area contributed by atoms with Gasteiger partial charge in [-0.25, -0.2) is 9.37 Å². The molecule has 0 atom stereocenters. The molecule has 1 heterocycles. The quantitative estimate of drug-likeness (QED) is 0.946. The largest absolute Gasteiger partial charge is 0.330 e. The molecule has 5 heteroatoms. The van der Waals surface area contributed by atoms with Gasteiger partial charge >= 0.3 is 0 Å². The first-order valence-electron chi connectivity index (χ1n) is 5.30. The SMILES string of the molecule is Cn1c(-c2cccc(F)c2)nc(Br)c1CCN. The molecule has 0 fully saturated rings. The minimum Gasteiger partial charge on any atom is -0.330 e. The fourth-order valence-corrected chi connectivity index (χ4v) is 2.42. The Bertz CT molecular complexity index is 537. The van der Waals surface area contributed by atoms with Crippen LogP contribution in [-0.2, 0) is 13.5 Å². The fraction of sp³-hybridized carbons (Fsp3) is 0.250. The van der Waals surface area contributed by atoms with Crippen LogP contribution in [0.3, 0.4) is 0 Å². The summed E-state index contributed by atoms with van der Waals surface area (Å²) in [5, 5.41) is 0. The number of hydrogen-bond acceptors (Lipinski definition) is 2. The zero-order valence-electron chi connectivity index (χ0n) is 9.45. The summed E-state index contributed by atoms with van der Waals surface area (Å²) in [6.07, 6.45) is 0.736. The Balaban J connectivity index is 2.50. The monoisotopic (exact) mass is 297 g/mol. The summed E-state index contributed by atoms with van der Waals surface area (Å²) < 4.78 is 15.9. The van der Waals surface area contributed by atoms with Crippen molar-refractivity contribution in [3.63, 3.8) is 0 Å². The molecule has 0 unspecified atom stereocenters. The van der Waals surface area contributed by atoms with E-state index in [1.165, 1.54) is 12.1 Å². The van der Waals surface area contributed by atoms with Crippen molar-refractivity contribution in [3.8, 4) is 11.4 Å². The Labute approximate surface area is 108 Å². The average Bonchev–Trinajstić information content (AvgIpc) is 2.57. The van der Waals surface area contributed by atoms with Gasteiger partial charge in [0.05, 0.1) is 5.69 Å². The van der Waals surface area contributed by atoms with E-state index in [4.69, 9.17) is 5.73 Å². The van der Waals surface area contributed by atoms with E-state index in [1.54, 1.807) is 6.07 Å². The van der Waals surface area contributed by atoms with Crippen molar-refractivity contribution in [2.24, 2.45) is 12.8 Å². The first-order valence-corrected chi connectivity index (χ1v) is 6.10. The minimum absolute atomic E-state index is 0.262. The van der Waals surface area contributed by atoms with Gasteiger partial charge in [0.1, 0.15) is 16.2 Å². The third-order valence-corrected chi connectivity index (χ3v) is 3.26. The Kier molecular flexibility index (Phi) is 3.59. The van der Waals surface area contributed by atoms with Crippen LogP contribution in [0.1, 0.15) is 5.69 Å². The number of rotatable bonds is 3. The molecular formula is C12H13BrFN3. The molecule has 17 heavy (non-hydrogen) atoms. The van der Waals surface area contributed by atoms with E-state index in [0.29, 0.717) is 6.54 Å². The summed E-state index contributed by atoms with van der Waals surface area (Å²) in [4.78, 5) is 4.40. The van der Waals surface area contributed by atoms with Crippen LogP contribution >= 0.6 is 15.9 Å². The second-order valence-electron chi connectivity index (χ2n) is 3.78. The van der Waals surface area contributed by atoms with Crippen molar-refractivity contribution in [2.45, 2.75) is 6.42 Å². The maximum atomic E-state index is 13.2. The van der Waals surface area contributed by atoms with Crippen LogP contribution in [0.4, 0.5) is 4.39 Å². The Morgan fingerprint density at radius 3 is 2.88 bits per heavy atom. The predicted molar refractivity (Wildman–Crippen MR) is 69.1 cm³/mol. The van der Waals surface area contributed by atoms with E-state index < -0.39 is 0 Å². The molecule has 2 N–H and O–H groups in total. The van der Waals surface area contributed by atoms with E-state index in [2.05, 4.69) is 20.9 Å². The number of hydrogen-bond donors (Lipinski definition) is 1. The van der Waals surface area contributed by atoms with Crippen molar-refractivity contribution < 1.29 is 4.39 Å². The molecule has 2 aromatic rings. The Hall–Kier alpha value is -1.20. The summed E-state index contributed by atoms with van der Waals surface area (Å²) in [7, 11) is 1.91. The number of nitrogens with zero attached hydrogens (tertiary/aromatic N) is 2. The molecule has 0 saturated carbocycles. The summed E-state index contributed by atoms with van der Waals surface area (Å²) in [6, 6.07) is 6.41. The maximum Gasteiger partial charge on any atom is 0.141 e. The van der Waals surface area contributed by atoms with Gasteiger partial charge in [-0.15, -0.1) is 0 Å². The molecule has 1 aromatic carbocycles. The lowest BCUT2D eigenvalue weighted by Gasteiger charge is -2.05. The average molecular weight is 298 g/mol. The van der Waals surface area contributed by atoms with Gasteiger partial charge in [0.15, 0.2) is 0 Å². The van der Waals surface area contributed by atoms with Crippen molar-refractivity contribution in [1.82, 2.24) is 9.55 Å². The predicted octanol–water partition coefficient (Wildman–Crippen LogP) is 2.49. The van der Waals surface area contributed by atoms with Crippen molar-refractivity contribution >= 4 is 15.9 Å². The highest BCUT2D eigenvalue weighted by Crippen LogP contribution is 2.25. The molecular weight excluding hydrogens is 285 g/mol. The Morgan fingerprint density at radius 2 is 2.24 bits per heavy atom. The van der Waals surface area contributed by atoms with E-state index >= 15 is 0 Å². The standard InChI is InChI=1S/C12H13BrFN3/c1-17-10(5-6-15)11(13)16-12(17)8-3-2-4-9(14)7-8/h2-4,7H,5-6,15H2,1H3. The molecule has 0 saturated heterocycles. The van der Waals surface area contributed by atoms with Gasteiger partial charge < -0.3 is 10.3 Å². The van der Waals surface area contributed by atoms with E-state index in [9.17, 15) is 4.39 Å². The maximum absolute atomic E-state index is 13.2. The van der Waals surface area contributed by atoms with Gasteiger partial charge in [0.25, 0.3) is 0 Å². The van der Waals surface area contributed by atoms with Crippen LogP contribution in [-0.4, -0.2) is 16.1 Å². The lowest BCUT2D eigenvalue weighted by Crippen LogP contribution is -2.07. The van der Waals surface area contributed by atoms with Crippen LogP contribution < -0.4 is 5.73 Å². The van der Waals surface area contributed by atoms with Gasteiger partial charge in [-0.05, 0) is 34.6 Å². The van der Waals surface area contributed by atoms with E-state index in [1.807, 2.05) is 17.7 Å². The van der Waals surface area contributed by atoms with Gasteiger partial charge in [-0.1, -0.05) is 12.1 Å². The molecule has 90 valence electrons. The third kappa shape index (κ3) is 2.40. The zero-order chi connectivity index (χ0) is 12.4. The highest BCUT2D eigenvalue weighted by atomic mass is 79.9. The molecule has 0 bridgehead atoms. The van der Waals surface area contributed by atoms with Crippen molar-refractivity contribution in [2.75, 3.05) is 6.54 Å². The van der Waals surface area contributed by atoms with E-state index in [0.717, 1.165) is 28.1 Å². The summed E-state index contributed by atoms with van der Waals surface area (Å²) in [6.45, 7) is 0.556. The number of benzene rings is 1. The molecule has 0 radical (unpaired) electrons. The third-order valence-electron chi connectivity index (χ3n) is 2.63. The summed E-state index contributed by atoms with van der Waals surface area (Å²) in [5.41, 5.74) is 7.33. The molecule has 0 spiro atoms. The molecule has 0 aliphatic rings. The van der Waals surface area contributed by atoms with Crippen LogP contribution in [0.15, 0.2) is 28.9 Å². The lowest BCUT2D eigenvalue weighted by molar-refractivity contribution is 0.628. The van der Waals surface area contributed by atoms with E-state index in [-0.39, 0.29) is 5.82 Å². The van der Waals surface area contributed by atoms with Gasteiger partial charge in [0.2, 0.25) is 0 Å². The minimum atomic E-state index is -0.262. The van der Waals surface area contributed by atoms with Gasteiger partial charge in [-0.2, -0.15) is 0 Å². The number of halogens is 2. The second-order valence-corrected chi connectivity index (χ2v) is 4.53. The lowest BCUT2D eigenvalue weighted by atomic mass is 10.2. The number of nitrogens with two attached hydrogens (primary N) is 1. The zero-order valence-corrected chi connectivity index (χ0v) is 11.0. The summed E-state index contributed by atoms with van der Waals surface area (Å²) in [5.74, 6) is 0.474. The molecule has 3 nitrogen and oxygen atoms in total. The van der Waals surface area contributed by atoms with Crippen LogP contribution in [0.5, 0.6) is 0 Å². The normalized spacial score (nSPS) is 10.8. The second kappa shape index (κ2) is 4.98. The van der Waals surface area contributed by atoms with Crippen LogP contribution in [0.2, 0.25) is 0 Å². The Morgan fingerprint density at radius 1 is 1.47 bits per heavy atom. The molecule has 0 aliphatic heterocycles. The topological polar surface area (TPSA) is 43.8 Å². The highest BCUT2D eigenvalue weighted by molar-refractivity contribution is 9.10. The molecule has 0 amide bonds. The number of imidazole rings is 1. The van der Waals surface area contributed by atoms with Crippen LogP contribution in [0.25, 0.3) is 11.4 Å². The first-order chi connectivity index (χ1) is 8.13. The molecule has 0 aliphatic carbocycles. The molecule has 1 aromatic heterocycles. The molecule has 2 rings (SSSR count). The number of aromatic nitrogens is 2. The van der Waals surface area contributed by atoms with Crippen molar-refractivity contribution in [1.29, 1.82) is 0 Å². The highest BCUT2D eigenvalue weighted by Gasteiger charge is 2.13. The van der Waals surface area contributed by atoms with Gasteiger partial charge in [-0.3, -0.25) is 0 Å². The summed E-state index contributed by atoms with van der Waals surface area (Å²) >= 11 is 3.40. The smallest absolute Gasteiger partial charge is 0.141 e. The first kappa shape index (κ1) is 12.3. The van der Waals surface area contributed by atoms with Crippen molar-refractivity contribution in [3.05, 3.63) is 40.4 Å². The van der Waals surface area contributed by atoms with Crippen LogP contribution in [0, 0.1) is 5.82 Å². The van der Waals surface area contributed by atoms with Gasteiger partial charge in [0, 0.05) is 19.0 Å².